The second-order valence-electron chi connectivity index (χ2n) is 8.85. The van der Waals surface area contributed by atoms with E-state index in [4.69, 9.17) is 28.9 Å². The van der Waals surface area contributed by atoms with Crippen LogP contribution in [-0.4, -0.2) is 17.6 Å². The number of hydrogen-bond donors (Lipinski definition) is 5. The van der Waals surface area contributed by atoms with E-state index in [1.807, 2.05) is 24.3 Å². The van der Waals surface area contributed by atoms with Crippen molar-refractivity contribution in [3.63, 3.8) is 0 Å². The Hall–Kier alpha value is -2.80. The quantitative estimate of drug-likeness (QED) is 0.236. The molecule has 3 aromatic rings. The first kappa shape index (κ1) is 23.4. The van der Waals surface area contributed by atoms with Crippen LogP contribution >= 0.6 is 11.6 Å². The maximum absolute atomic E-state index is 6.41. The van der Waals surface area contributed by atoms with Gasteiger partial charge in [0.25, 0.3) is 0 Å². The molecule has 1 aliphatic rings. The van der Waals surface area contributed by atoms with Gasteiger partial charge in [0.1, 0.15) is 5.82 Å². The zero-order valence-electron chi connectivity index (χ0n) is 18.8. The lowest BCUT2D eigenvalue weighted by Crippen LogP contribution is -2.34. The molecule has 4 rings (SSSR count). The summed E-state index contributed by atoms with van der Waals surface area (Å²) in [5.41, 5.74) is 19.1. The maximum Gasteiger partial charge on any atom is 0.165 e. The van der Waals surface area contributed by atoms with Gasteiger partial charge >= 0.3 is 0 Å². The Kier molecular flexibility index (Phi) is 7.70. The van der Waals surface area contributed by atoms with E-state index in [9.17, 15) is 0 Å². The average molecular weight is 465 g/mol. The number of nitrogen functional groups attached to an aromatic ring is 3. The van der Waals surface area contributed by atoms with Gasteiger partial charge in [0.2, 0.25) is 0 Å². The van der Waals surface area contributed by atoms with Crippen LogP contribution in [0.5, 0.6) is 0 Å². The summed E-state index contributed by atoms with van der Waals surface area (Å²) in [6.45, 7) is 0.892. The van der Waals surface area contributed by atoms with Gasteiger partial charge in [-0.15, -0.1) is 0 Å². The molecule has 0 bridgehead atoms. The molecule has 33 heavy (non-hydrogen) atoms. The number of pyridine rings is 1. The molecule has 6 nitrogen and oxygen atoms in total. The Bertz CT molecular complexity index is 1030. The number of anilines is 3. The summed E-state index contributed by atoms with van der Waals surface area (Å²) < 4.78 is 0. The highest BCUT2D eigenvalue weighted by atomic mass is 35.5. The lowest BCUT2D eigenvalue weighted by Gasteiger charge is -2.30. The fourth-order valence-corrected chi connectivity index (χ4v) is 5.10. The second kappa shape index (κ2) is 10.9. The predicted octanol–water partition coefficient (Wildman–Crippen LogP) is 5.02. The molecule has 7 heteroatoms. The lowest BCUT2D eigenvalue weighted by atomic mass is 9.81. The summed E-state index contributed by atoms with van der Waals surface area (Å²) in [5, 5.41) is 4.59. The van der Waals surface area contributed by atoms with Crippen LogP contribution in [0.3, 0.4) is 0 Å². The van der Waals surface area contributed by atoms with Crippen LogP contribution in [0.4, 0.5) is 17.3 Å². The van der Waals surface area contributed by atoms with Gasteiger partial charge in [-0.3, -0.25) is 0 Å². The zero-order chi connectivity index (χ0) is 23.2. The largest absolute Gasteiger partial charge is 0.395 e. The predicted molar refractivity (Wildman–Crippen MR) is 138 cm³/mol. The van der Waals surface area contributed by atoms with Gasteiger partial charge in [0, 0.05) is 17.0 Å². The Balaban J connectivity index is 1.40. The number of nitrogens with zero attached hydrogens (tertiary/aromatic N) is 1. The molecule has 1 unspecified atom stereocenters. The first-order valence-corrected chi connectivity index (χ1v) is 12.0. The van der Waals surface area contributed by atoms with Gasteiger partial charge in [-0.25, -0.2) is 10.8 Å². The molecule has 0 amide bonds. The molecule has 1 heterocycles. The number of halogens is 1. The van der Waals surface area contributed by atoms with Gasteiger partial charge in [0.05, 0.1) is 5.69 Å². The van der Waals surface area contributed by atoms with Crippen molar-refractivity contribution < 1.29 is 0 Å². The molecule has 0 radical (unpaired) electrons. The summed E-state index contributed by atoms with van der Waals surface area (Å²) in [5.74, 6) is 7.16. The van der Waals surface area contributed by atoms with E-state index in [1.165, 1.54) is 36.8 Å². The van der Waals surface area contributed by atoms with Gasteiger partial charge in [-0.2, -0.15) is 0 Å². The molecular weight excluding hydrogens is 432 g/mol. The van der Waals surface area contributed by atoms with E-state index >= 15 is 0 Å². The molecule has 0 spiro atoms. The minimum Gasteiger partial charge on any atom is -0.395 e. The smallest absolute Gasteiger partial charge is 0.165 e. The fourth-order valence-electron chi connectivity index (χ4n) is 4.98. The molecule has 2 aromatic carbocycles. The van der Waals surface area contributed by atoms with E-state index < -0.39 is 0 Å². The van der Waals surface area contributed by atoms with Gasteiger partial charge in [-0.05, 0) is 79.5 Å². The molecule has 174 valence electrons. The van der Waals surface area contributed by atoms with Crippen molar-refractivity contribution in [2.45, 2.75) is 50.0 Å². The first-order chi connectivity index (χ1) is 16.0. The van der Waals surface area contributed by atoms with Crippen molar-refractivity contribution in [1.82, 2.24) is 10.3 Å². The molecule has 1 aliphatic carbocycles. The monoisotopic (exact) mass is 464 g/mol. The van der Waals surface area contributed by atoms with Crippen LogP contribution in [0.2, 0.25) is 5.02 Å². The van der Waals surface area contributed by atoms with Gasteiger partial charge < -0.3 is 22.2 Å². The van der Waals surface area contributed by atoms with E-state index in [1.54, 1.807) is 0 Å². The minimum atomic E-state index is 0.0986. The number of nitrogens with two attached hydrogens (primary N) is 3. The fraction of sp³-hybridized carbons (Fsp3) is 0.346. The highest BCUT2D eigenvalue weighted by Crippen LogP contribution is 2.36. The van der Waals surface area contributed by atoms with Gasteiger partial charge in [0.15, 0.2) is 5.82 Å². The van der Waals surface area contributed by atoms with Gasteiger partial charge in [-0.1, -0.05) is 54.1 Å². The lowest BCUT2D eigenvalue weighted by molar-refractivity contribution is 0.340. The van der Waals surface area contributed by atoms with E-state index in [0.29, 0.717) is 29.3 Å². The summed E-state index contributed by atoms with van der Waals surface area (Å²) in [6, 6.07) is 21.1. The highest BCUT2D eigenvalue weighted by Gasteiger charge is 2.24. The van der Waals surface area contributed by atoms with Crippen LogP contribution in [0.15, 0.2) is 60.7 Å². The van der Waals surface area contributed by atoms with Crippen molar-refractivity contribution in [2.24, 2.45) is 5.84 Å². The standard InChI is InChI=1S/C26H33ClN6/c27-20-10-6-17(7-11-20)18-8-12-21(13-9-18)31-15-14-22(19-4-2-1-3-5-19)23-16-24(28)32-26(33-30)25(23)29/h1-7,10-11,16,18,21-22,31H,8-9,12-15,29-30H2,(H3,28,32,33). The number of hydrogen-bond acceptors (Lipinski definition) is 6. The summed E-state index contributed by atoms with van der Waals surface area (Å²) in [4.78, 5) is 4.21. The van der Waals surface area contributed by atoms with Crippen molar-refractivity contribution >= 4 is 28.9 Å². The number of rotatable bonds is 8. The molecule has 1 fully saturated rings. The van der Waals surface area contributed by atoms with Crippen molar-refractivity contribution in [3.05, 3.63) is 82.4 Å². The first-order valence-electron chi connectivity index (χ1n) is 11.6. The SMILES string of the molecule is NNc1nc(N)cc(C(CCNC2CCC(c3ccc(Cl)cc3)CC2)c2ccccc2)c1N. The van der Waals surface area contributed by atoms with Crippen LogP contribution in [0.25, 0.3) is 0 Å². The maximum atomic E-state index is 6.41. The molecule has 0 aliphatic heterocycles. The minimum absolute atomic E-state index is 0.0986. The van der Waals surface area contributed by atoms with Crippen LogP contribution in [0.1, 0.15) is 60.6 Å². The van der Waals surface area contributed by atoms with Crippen LogP contribution in [0, 0.1) is 0 Å². The average Bonchev–Trinajstić information content (AvgIpc) is 2.85. The molecule has 1 aromatic heterocycles. The zero-order valence-corrected chi connectivity index (χ0v) is 19.6. The third-order valence-electron chi connectivity index (χ3n) is 6.76. The molecule has 0 saturated heterocycles. The molecular formula is C26H33ClN6. The van der Waals surface area contributed by atoms with Crippen LogP contribution in [-0.2, 0) is 0 Å². The number of aromatic nitrogens is 1. The van der Waals surface area contributed by atoms with Crippen molar-refractivity contribution in [1.29, 1.82) is 0 Å². The molecule has 1 atom stereocenters. The third-order valence-corrected chi connectivity index (χ3v) is 7.01. The Morgan fingerprint density at radius 1 is 0.970 bits per heavy atom. The van der Waals surface area contributed by atoms with Crippen molar-refractivity contribution in [3.8, 4) is 0 Å². The van der Waals surface area contributed by atoms with Crippen LogP contribution < -0.4 is 28.1 Å². The topological polar surface area (TPSA) is 115 Å². The number of benzene rings is 2. The Morgan fingerprint density at radius 2 is 1.67 bits per heavy atom. The second-order valence-corrected chi connectivity index (χ2v) is 9.29. The summed E-state index contributed by atoms with van der Waals surface area (Å²) in [6.07, 6.45) is 5.64. The Morgan fingerprint density at radius 3 is 2.33 bits per heavy atom. The third kappa shape index (κ3) is 5.77. The molecule has 8 N–H and O–H groups in total. The summed E-state index contributed by atoms with van der Waals surface area (Å²) >= 11 is 6.04. The number of nitrogens with one attached hydrogen (secondary N) is 2. The van der Waals surface area contributed by atoms with E-state index in [2.05, 4.69) is 52.1 Å². The highest BCUT2D eigenvalue weighted by molar-refractivity contribution is 6.30. The Labute approximate surface area is 200 Å². The van der Waals surface area contributed by atoms with Crippen molar-refractivity contribution in [2.75, 3.05) is 23.4 Å². The van der Waals surface area contributed by atoms with E-state index in [-0.39, 0.29) is 5.92 Å². The summed E-state index contributed by atoms with van der Waals surface area (Å²) in [7, 11) is 0. The number of hydrazine groups is 1. The van der Waals surface area contributed by atoms with E-state index in [0.717, 1.165) is 23.6 Å². The normalized spacial score (nSPS) is 19.2. The molecule has 1 saturated carbocycles.